The molecular formula is C27H36N2O5. The second-order valence-corrected chi connectivity index (χ2v) is 9.04. The van der Waals surface area contributed by atoms with Gasteiger partial charge in [-0.15, -0.1) is 0 Å². The number of rotatable bonds is 7. The minimum atomic E-state index is -0.134. The maximum Gasteiger partial charge on any atom is 0.318 e. The van der Waals surface area contributed by atoms with Gasteiger partial charge in [-0.1, -0.05) is 25.3 Å². The fourth-order valence-corrected chi connectivity index (χ4v) is 5.23. The summed E-state index contributed by atoms with van der Waals surface area (Å²) < 4.78 is 22.1. The molecule has 184 valence electrons. The van der Waals surface area contributed by atoms with Crippen LogP contribution in [-0.2, 0) is 12.8 Å². The first-order valence-electron chi connectivity index (χ1n) is 12.1. The largest absolute Gasteiger partial charge is 0.493 e. The van der Waals surface area contributed by atoms with Crippen LogP contribution in [0.5, 0.6) is 23.0 Å². The smallest absolute Gasteiger partial charge is 0.318 e. The predicted molar refractivity (Wildman–Crippen MR) is 131 cm³/mol. The fraction of sp³-hybridized carbons (Fsp3) is 0.519. The Morgan fingerprint density at radius 3 is 2.21 bits per heavy atom. The van der Waals surface area contributed by atoms with Crippen molar-refractivity contribution < 1.29 is 23.7 Å². The van der Waals surface area contributed by atoms with Crippen molar-refractivity contribution in [2.45, 2.75) is 57.0 Å². The summed E-state index contributed by atoms with van der Waals surface area (Å²) in [5, 5.41) is 3.31. The summed E-state index contributed by atoms with van der Waals surface area (Å²) in [6, 6.07) is 10.2. The number of carbonyl (C=O) groups is 1. The molecule has 2 aromatic rings. The number of benzene rings is 2. The average molecular weight is 469 g/mol. The summed E-state index contributed by atoms with van der Waals surface area (Å²) >= 11 is 0. The van der Waals surface area contributed by atoms with Crippen molar-refractivity contribution in [3.8, 4) is 23.0 Å². The molecule has 0 aromatic heterocycles. The van der Waals surface area contributed by atoms with E-state index in [4.69, 9.17) is 18.9 Å². The maximum atomic E-state index is 13.5. The first-order chi connectivity index (χ1) is 16.6. The molecule has 1 heterocycles. The van der Waals surface area contributed by atoms with Crippen molar-refractivity contribution in [1.82, 2.24) is 10.2 Å². The maximum absolute atomic E-state index is 13.5. The summed E-state index contributed by atoms with van der Waals surface area (Å²) in [5.74, 6) is 2.76. The van der Waals surface area contributed by atoms with Gasteiger partial charge in [-0.3, -0.25) is 0 Å². The lowest BCUT2D eigenvalue weighted by atomic mass is 9.88. The molecule has 0 spiro atoms. The number of urea groups is 1. The number of amides is 2. The molecule has 1 aliphatic carbocycles. The summed E-state index contributed by atoms with van der Waals surface area (Å²) in [7, 11) is 6.56. The van der Waals surface area contributed by atoms with E-state index in [1.807, 2.05) is 35.2 Å². The summed E-state index contributed by atoms with van der Waals surface area (Å²) in [6.45, 7) is 0.652. The molecule has 1 aliphatic heterocycles. The van der Waals surface area contributed by atoms with Crippen molar-refractivity contribution in [3.05, 3.63) is 47.0 Å². The molecule has 0 saturated heterocycles. The van der Waals surface area contributed by atoms with Crippen LogP contribution in [-0.4, -0.2) is 52.0 Å². The lowest BCUT2D eigenvalue weighted by molar-refractivity contribution is 0.162. The van der Waals surface area contributed by atoms with Crippen LogP contribution in [0.25, 0.3) is 0 Å². The SMILES string of the molecule is COc1ccc(C[C@@H]2c3cc(OC)c(OC)cc3CCN2C(=O)NC2CCCCC2)cc1OC. The van der Waals surface area contributed by atoms with E-state index < -0.39 is 0 Å². The quantitative estimate of drug-likeness (QED) is 0.626. The lowest BCUT2D eigenvalue weighted by Crippen LogP contribution is -2.49. The van der Waals surface area contributed by atoms with Crippen molar-refractivity contribution in [3.63, 3.8) is 0 Å². The third-order valence-corrected chi connectivity index (χ3v) is 7.07. The Morgan fingerprint density at radius 2 is 1.53 bits per heavy atom. The van der Waals surface area contributed by atoms with E-state index in [0.29, 0.717) is 36.0 Å². The predicted octanol–water partition coefficient (Wildman–Crippen LogP) is 4.91. The van der Waals surface area contributed by atoms with Gasteiger partial charge in [-0.2, -0.15) is 0 Å². The van der Waals surface area contributed by atoms with E-state index in [1.165, 1.54) is 24.8 Å². The van der Waals surface area contributed by atoms with Gasteiger partial charge in [0.25, 0.3) is 0 Å². The van der Waals surface area contributed by atoms with Crippen LogP contribution in [0, 0.1) is 0 Å². The Bertz CT molecular complexity index is 1000. The number of methoxy groups -OCH3 is 4. The molecule has 2 aliphatic rings. The van der Waals surface area contributed by atoms with Crippen molar-refractivity contribution in [2.75, 3.05) is 35.0 Å². The number of fused-ring (bicyclic) bond motifs is 1. The monoisotopic (exact) mass is 468 g/mol. The Hall–Kier alpha value is -3.09. The minimum absolute atomic E-state index is 0.0119. The highest BCUT2D eigenvalue weighted by atomic mass is 16.5. The van der Waals surface area contributed by atoms with Gasteiger partial charge in [-0.25, -0.2) is 4.79 Å². The summed E-state index contributed by atoms with van der Waals surface area (Å²) in [5.41, 5.74) is 3.35. The van der Waals surface area contributed by atoms with E-state index in [9.17, 15) is 4.79 Å². The molecule has 0 unspecified atom stereocenters. The zero-order chi connectivity index (χ0) is 24.1. The molecule has 0 bridgehead atoms. The van der Waals surface area contributed by atoms with E-state index in [2.05, 4.69) is 5.32 Å². The van der Waals surface area contributed by atoms with E-state index >= 15 is 0 Å². The highest BCUT2D eigenvalue weighted by molar-refractivity contribution is 5.76. The molecule has 1 N–H and O–H groups in total. The molecule has 1 saturated carbocycles. The van der Waals surface area contributed by atoms with Crippen LogP contribution in [0.3, 0.4) is 0 Å². The third-order valence-electron chi connectivity index (χ3n) is 7.07. The van der Waals surface area contributed by atoms with Gasteiger partial charge >= 0.3 is 6.03 Å². The molecule has 2 amide bonds. The average Bonchev–Trinajstić information content (AvgIpc) is 2.88. The molecule has 34 heavy (non-hydrogen) atoms. The number of nitrogens with one attached hydrogen (secondary N) is 1. The van der Waals surface area contributed by atoms with E-state index in [1.54, 1.807) is 28.4 Å². The molecule has 7 heteroatoms. The number of carbonyl (C=O) groups excluding carboxylic acids is 1. The van der Waals surface area contributed by atoms with Gasteiger partial charge in [0.15, 0.2) is 23.0 Å². The second kappa shape index (κ2) is 10.9. The van der Waals surface area contributed by atoms with Gasteiger partial charge in [0.1, 0.15) is 0 Å². The topological polar surface area (TPSA) is 69.3 Å². The van der Waals surface area contributed by atoms with Crippen LogP contribution >= 0.6 is 0 Å². The Morgan fingerprint density at radius 1 is 0.882 bits per heavy atom. The highest BCUT2D eigenvalue weighted by Gasteiger charge is 2.33. The molecule has 1 fully saturated rings. The number of hydrogen-bond acceptors (Lipinski definition) is 5. The van der Waals surface area contributed by atoms with Crippen LogP contribution in [0.15, 0.2) is 30.3 Å². The van der Waals surface area contributed by atoms with Crippen molar-refractivity contribution >= 4 is 6.03 Å². The summed E-state index contributed by atoms with van der Waals surface area (Å²) in [4.78, 5) is 15.5. The second-order valence-electron chi connectivity index (χ2n) is 9.04. The Kier molecular flexibility index (Phi) is 7.70. The van der Waals surface area contributed by atoms with Gasteiger partial charge in [-0.05, 0) is 66.6 Å². The Labute approximate surface area is 202 Å². The van der Waals surface area contributed by atoms with Crippen molar-refractivity contribution in [2.24, 2.45) is 0 Å². The molecular weight excluding hydrogens is 432 g/mol. The molecule has 2 aromatic carbocycles. The standard InChI is InChI=1S/C27H36N2O5/c1-31-23-11-10-18(15-24(23)32-2)14-22-21-17-26(34-4)25(33-3)16-19(21)12-13-29(22)27(30)28-20-8-6-5-7-9-20/h10-11,15-17,20,22H,5-9,12-14H2,1-4H3,(H,28,30)/t22-/m1/s1. The zero-order valence-corrected chi connectivity index (χ0v) is 20.7. The van der Waals surface area contributed by atoms with Crippen molar-refractivity contribution in [1.29, 1.82) is 0 Å². The van der Waals surface area contributed by atoms with Crippen LogP contribution in [0.2, 0.25) is 0 Å². The van der Waals surface area contributed by atoms with Gasteiger partial charge in [0, 0.05) is 12.6 Å². The fourth-order valence-electron chi connectivity index (χ4n) is 5.23. The first-order valence-corrected chi connectivity index (χ1v) is 12.1. The van der Waals surface area contributed by atoms with Gasteiger partial charge in [0.05, 0.1) is 34.5 Å². The first kappa shape index (κ1) is 24.0. The number of hydrogen-bond donors (Lipinski definition) is 1. The normalized spacial score (nSPS) is 18.1. The van der Waals surface area contributed by atoms with E-state index in [-0.39, 0.29) is 18.1 Å². The van der Waals surface area contributed by atoms with Crippen LogP contribution in [0.1, 0.15) is 54.8 Å². The highest BCUT2D eigenvalue weighted by Crippen LogP contribution is 2.40. The third kappa shape index (κ3) is 5.03. The van der Waals surface area contributed by atoms with E-state index in [0.717, 1.165) is 30.4 Å². The molecule has 0 radical (unpaired) electrons. The molecule has 4 rings (SSSR count). The van der Waals surface area contributed by atoms with Gasteiger partial charge in [0.2, 0.25) is 0 Å². The Balaban J connectivity index is 1.68. The molecule has 1 atom stereocenters. The zero-order valence-electron chi connectivity index (χ0n) is 20.7. The molecule has 7 nitrogen and oxygen atoms in total. The van der Waals surface area contributed by atoms with Gasteiger partial charge < -0.3 is 29.2 Å². The number of ether oxygens (including phenoxy) is 4. The minimum Gasteiger partial charge on any atom is -0.493 e. The summed E-state index contributed by atoms with van der Waals surface area (Å²) in [6.07, 6.45) is 7.16. The van der Waals surface area contributed by atoms with Crippen LogP contribution in [0.4, 0.5) is 4.79 Å². The lowest BCUT2D eigenvalue weighted by Gasteiger charge is -2.39. The number of nitrogens with zero attached hydrogens (tertiary/aromatic N) is 1. The van der Waals surface area contributed by atoms with Crippen LogP contribution < -0.4 is 24.3 Å².